The number of nitrogens with zero attached hydrogens (tertiary/aromatic N) is 3. The highest BCUT2D eigenvalue weighted by atomic mass is 32.1. The normalized spacial score (nSPS) is 16.9. The number of hydrogen-bond donors (Lipinski definition) is 2. The fraction of sp³-hybridized carbons (Fsp3) is 0.207. The number of aromatic nitrogens is 2. The summed E-state index contributed by atoms with van der Waals surface area (Å²) in [6.07, 6.45) is 1.85. The second-order valence-electron chi connectivity index (χ2n) is 9.24. The summed E-state index contributed by atoms with van der Waals surface area (Å²) in [6.45, 7) is 4.34. The number of pyridine rings is 1. The second kappa shape index (κ2) is 10.7. The molecule has 0 spiro atoms. The van der Waals surface area contributed by atoms with Crippen molar-refractivity contribution in [2.75, 3.05) is 11.9 Å². The molecule has 6 nitrogen and oxygen atoms in total. The summed E-state index contributed by atoms with van der Waals surface area (Å²) >= 11 is 5.73. The van der Waals surface area contributed by atoms with Gasteiger partial charge in [-0.15, -0.1) is 0 Å². The van der Waals surface area contributed by atoms with Crippen LogP contribution in [0.5, 0.6) is 0 Å². The summed E-state index contributed by atoms with van der Waals surface area (Å²) in [5.74, 6) is -1.09. The van der Waals surface area contributed by atoms with Crippen LogP contribution in [0.25, 0.3) is 5.69 Å². The molecule has 2 aromatic carbocycles. The molecule has 1 fully saturated rings. The van der Waals surface area contributed by atoms with Crippen LogP contribution >= 0.6 is 12.2 Å². The molecule has 0 aliphatic carbocycles. The number of nitrogens with one attached hydrogen (secondary N) is 2. The average Bonchev–Trinajstić information content (AvgIpc) is 3.39. The zero-order valence-electron chi connectivity index (χ0n) is 21.0. The van der Waals surface area contributed by atoms with Gasteiger partial charge in [-0.3, -0.25) is 9.78 Å². The van der Waals surface area contributed by atoms with E-state index >= 15 is 0 Å². The highest BCUT2D eigenvalue weighted by molar-refractivity contribution is 7.80. The predicted octanol–water partition coefficient (Wildman–Crippen LogP) is 5.77. The van der Waals surface area contributed by atoms with Gasteiger partial charge >= 0.3 is 0 Å². The standard InChI is InChI=1S/C29H27F2N5OS/c1-18-17-22(19(2)36(18)21-12-10-20(30)11-13-21)28-27(25-9-5-6-15-32-25)34-29(38)35(28)16-14-26(37)33-24-8-4-3-7-23(24)31/h3-13,15,17,27-28H,14,16H2,1-2H3,(H,33,37)(H,34,38)/t27-,28+/m1/s1. The summed E-state index contributed by atoms with van der Waals surface area (Å²) in [7, 11) is 0. The van der Waals surface area contributed by atoms with Gasteiger partial charge in [0, 0.05) is 36.2 Å². The lowest BCUT2D eigenvalue weighted by molar-refractivity contribution is -0.116. The van der Waals surface area contributed by atoms with Crippen molar-refractivity contribution < 1.29 is 13.6 Å². The quantitative estimate of drug-likeness (QED) is 0.297. The molecule has 5 rings (SSSR count). The third kappa shape index (κ3) is 5.02. The van der Waals surface area contributed by atoms with Gasteiger partial charge < -0.3 is 20.1 Å². The molecule has 1 amide bonds. The van der Waals surface area contributed by atoms with Gasteiger partial charge in [-0.2, -0.15) is 0 Å². The van der Waals surface area contributed by atoms with Gasteiger partial charge in [0.15, 0.2) is 5.11 Å². The zero-order chi connectivity index (χ0) is 26.8. The van der Waals surface area contributed by atoms with E-state index in [2.05, 4.69) is 26.3 Å². The van der Waals surface area contributed by atoms with Gasteiger partial charge in [0.25, 0.3) is 0 Å². The first-order valence-corrected chi connectivity index (χ1v) is 12.7. The number of carbonyl (C=O) groups is 1. The smallest absolute Gasteiger partial charge is 0.226 e. The first-order valence-electron chi connectivity index (χ1n) is 12.3. The van der Waals surface area contributed by atoms with Crippen molar-refractivity contribution in [3.05, 3.63) is 113 Å². The van der Waals surface area contributed by atoms with Gasteiger partial charge in [0.1, 0.15) is 11.6 Å². The van der Waals surface area contributed by atoms with Crippen molar-refractivity contribution in [3.63, 3.8) is 0 Å². The lowest BCUT2D eigenvalue weighted by Gasteiger charge is -2.28. The van der Waals surface area contributed by atoms with E-state index in [4.69, 9.17) is 12.2 Å². The maximum atomic E-state index is 14.0. The van der Waals surface area contributed by atoms with Gasteiger partial charge in [-0.05, 0) is 86.2 Å². The molecular formula is C29H27F2N5OS. The second-order valence-corrected chi connectivity index (χ2v) is 9.62. The molecule has 0 radical (unpaired) electrons. The van der Waals surface area contributed by atoms with E-state index in [0.717, 1.165) is 28.3 Å². The molecule has 9 heteroatoms. The van der Waals surface area contributed by atoms with Crippen LogP contribution in [-0.4, -0.2) is 32.0 Å². The Balaban J connectivity index is 1.47. The predicted molar refractivity (Wildman–Crippen MR) is 147 cm³/mol. The van der Waals surface area contributed by atoms with Crippen LogP contribution in [0.2, 0.25) is 0 Å². The third-order valence-electron chi connectivity index (χ3n) is 6.80. The summed E-state index contributed by atoms with van der Waals surface area (Å²) < 4.78 is 29.7. The fourth-order valence-electron chi connectivity index (χ4n) is 5.06. The van der Waals surface area contributed by atoms with Crippen molar-refractivity contribution >= 4 is 28.9 Å². The van der Waals surface area contributed by atoms with Gasteiger partial charge in [0.05, 0.1) is 23.5 Å². The lowest BCUT2D eigenvalue weighted by Crippen LogP contribution is -2.33. The first-order chi connectivity index (χ1) is 18.3. The summed E-state index contributed by atoms with van der Waals surface area (Å²) in [5, 5.41) is 6.55. The number of para-hydroxylation sites is 1. The first kappa shape index (κ1) is 25.5. The Hall–Kier alpha value is -4.11. The molecule has 0 unspecified atom stereocenters. The zero-order valence-corrected chi connectivity index (χ0v) is 21.8. The number of benzene rings is 2. The van der Waals surface area contributed by atoms with Crippen molar-refractivity contribution in [3.8, 4) is 5.69 Å². The number of rotatable bonds is 7. The van der Waals surface area contributed by atoms with Crippen LogP contribution in [0.3, 0.4) is 0 Å². The number of aryl methyl sites for hydroxylation is 1. The Morgan fingerprint density at radius 1 is 1.05 bits per heavy atom. The summed E-state index contributed by atoms with van der Waals surface area (Å²) in [4.78, 5) is 19.3. The van der Waals surface area contributed by atoms with Crippen LogP contribution in [0.1, 0.15) is 41.1 Å². The minimum absolute atomic E-state index is 0.109. The molecule has 0 bridgehead atoms. The van der Waals surface area contributed by atoms with E-state index in [0.29, 0.717) is 11.7 Å². The largest absolute Gasteiger partial charge is 0.352 e. The number of thiocarbonyl (C=S) groups is 1. The van der Waals surface area contributed by atoms with Crippen LogP contribution in [0.15, 0.2) is 79.0 Å². The Labute approximate surface area is 225 Å². The van der Waals surface area contributed by atoms with E-state index in [1.165, 1.54) is 24.3 Å². The van der Waals surface area contributed by atoms with Gasteiger partial charge in [-0.1, -0.05) is 18.2 Å². The maximum Gasteiger partial charge on any atom is 0.226 e. The Morgan fingerprint density at radius 3 is 2.50 bits per heavy atom. The summed E-state index contributed by atoms with van der Waals surface area (Å²) in [5.41, 5.74) is 4.80. The van der Waals surface area contributed by atoms with E-state index in [1.807, 2.05) is 36.9 Å². The average molecular weight is 532 g/mol. The molecular weight excluding hydrogens is 504 g/mol. The molecule has 1 aliphatic heterocycles. The molecule has 0 saturated carbocycles. The molecule has 2 atom stereocenters. The third-order valence-corrected chi connectivity index (χ3v) is 7.15. The number of anilines is 1. The number of carbonyl (C=O) groups excluding carboxylic acids is 1. The highest BCUT2D eigenvalue weighted by Gasteiger charge is 2.41. The van der Waals surface area contributed by atoms with Crippen molar-refractivity contribution in [1.82, 2.24) is 19.8 Å². The topological polar surface area (TPSA) is 62.2 Å². The Morgan fingerprint density at radius 2 is 1.79 bits per heavy atom. The van der Waals surface area contributed by atoms with Crippen molar-refractivity contribution in [2.24, 2.45) is 0 Å². The molecule has 2 aromatic heterocycles. The maximum absolute atomic E-state index is 14.0. The number of amides is 1. The fourth-order valence-corrected chi connectivity index (χ4v) is 5.39. The molecule has 4 aromatic rings. The molecule has 3 heterocycles. The summed E-state index contributed by atoms with van der Waals surface area (Å²) in [6, 6.07) is 19.8. The molecule has 38 heavy (non-hydrogen) atoms. The van der Waals surface area contributed by atoms with Crippen LogP contribution in [0, 0.1) is 25.5 Å². The highest BCUT2D eigenvalue weighted by Crippen LogP contribution is 2.41. The SMILES string of the molecule is Cc1cc([C@H]2[C@@H](c3ccccn3)NC(=S)N2CCC(=O)Nc2ccccc2F)c(C)n1-c1ccc(F)cc1. The van der Waals surface area contributed by atoms with E-state index in [-0.39, 0.29) is 35.9 Å². The Kier molecular flexibility index (Phi) is 7.20. The minimum atomic E-state index is -0.486. The monoisotopic (exact) mass is 531 g/mol. The molecule has 194 valence electrons. The molecule has 1 saturated heterocycles. The molecule has 2 N–H and O–H groups in total. The number of hydrogen-bond acceptors (Lipinski definition) is 3. The van der Waals surface area contributed by atoms with Gasteiger partial charge in [0.2, 0.25) is 5.91 Å². The number of halogens is 2. The van der Waals surface area contributed by atoms with Crippen molar-refractivity contribution in [2.45, 2.75) is 32.4 Å². The van der Waals surface area contributed by atoms with Crippen LogP contribution in [0.4, 0.5) is 14.5 Å². The molecule has 1 aliphatic rings. The minimum Gasteiger partial charge on any atom is -0.352 e. The van der Waals surface area contributed by atoms with Crippen molar-refractivity contribution in [1.29, 1.82) is 0 Å². The Bertz CT molecular complexity index is 1470. The van der Waals surface area contributed by atoms with E-state index in [9.17, 15) is 13.6 Å². The van der Waals surface area contributed by atoms with E-state index < -0.39 is 5.82 Å². The van der Waals surface area contributed by atoms with Crippen LogP contribution in [-0.2, 0) is 4.79 Å². The van der Waals surface area contributed by atoms with Gasteiger partial charge in [-0.25, -0.2) is 8.78 Å². The lowest BCUT2D eigenvalue weighted by atomic mass is 9.96. The van der Waals surface area contributed by atoms with Crippen LogP contribution < -0.4 is 10.6 Å². The van der Waals surface area contributed by atoms with E-state index in [1.54, 1.807) is 30.5 Å².